The molecule has 0 aromatic heterocycles. The zero-order valence-corrected chi connectivity index (χ0v) is 14.4. The van der Waals surface area contributed by atoms with Crippen LogP contribution in [0.15, 0.2) is 36.9 Å². The van der Waals surface area contributed by atoms with Gasteiger partial charge >= 0.3 is 0 Å². The van der Waals surface area contributed by atoms with E-state index in [2.05, 4.69) is 6.58 Å². The van der Waals surface area contributed by atoms with Gasteiger partial charge in [0.1, 0.15) is 6.61 Å². The molecular formula is C19H24N2O4. The molecule has 1 saturated heterocycles. The van der Waals surface area contributed by atoms with Crippen molar-refractivity contribution >= 4 is 17.9 Å². The smallest absolute Gasteiger partial charge is 0.246 e. The normalized spacial score (nSPS) is 17.3. The summed E-state index contributed by atoms with van der Waals surface area (Å²) in [6.45, 7) is 5.03. The third-order valence-electron chi connectivity index (χ3n) is 4.10. The Morgan fingerprint density at radius 1 is 1.40 bits per heavy atom. The summed E-state index contributed by atoms with van der Waals surface area (Å²) in [4.78, 5) is 25.3. The highest BCUT2D eigenvalue weighted by molar-refractivity contribution is 5.92. The van der Waals surface area contributed by atoms with Crippen molar-refractivity contribution in [2.24, 2.45) is 11.7 Å². The summed E-state index contributed by atoms with van der Waals surface area (Å²) in [6.07, 6.45) is 6.41. The fourth-order valence-corrected chi connectivity index (χ4v) is 2.74. The van der Waals surface area contributed by atoms with E-state index in [1.807, 2.05) is 6.07 Å². The summed E-state index contributed by atoms with van der Waals surface area (Å²) in [5, 5.41) is 0. The maximum atomic E-state index is 12.3. The predicted octanol–water partition coefficient (Wildman–Crippen LogP) is 2.00. The van der Waals surface area contributed by atoms with Gasteiger partial charge in [0, 0.05) is 19.2 Å². The minimum atomic E-state index is -0.346. The lowest BCUT2D eigenvalue weighted by Crippen LogP contribution is -2.43. The molecule has 0 spiro atoms. The third kappa shape index (κ3) is 5.11. The number of primary amides is 1. The van der Waals surface area contributed by atoms with Crippen molar-refractivity contribution in [1.29, 1.82) is 0 Å². The fraction of sp³-hybridized carbons (Fsp3) is 0.368. The van der Waals surface area contributed by atoms with E-state index in [1.165, 1.54) is 6.08 Å². The van der Waals surface area contributed by atoms with Crippen LogP contribution in [-0.2, 0) is 9.59 Å². The van der Waals surface area contributed by atoms with Gasteiger partial charge in [-0.05, 0) is 36.6 Å². The van der Waals surface area contributed by atoms with Crippen LogP contribution >= 0.6 is 0 Å². The number of benzene rings is 1. The zero-order chi connectivity index (χ0) is 18.2. The van der Waals surface area contributed by atoms with E-state index in [4.69, 9.17) is 15.2 Å². The number of piperidine rings is 1. The molecule has 1 aromatic rings. The van der Waals surface area contributed by atoms with Gasteiger partial charge in [0.2, 0.25) is 11.8 Å². The van der Waals surface area contributed by atoms with E-state index in [9.17, 15) is 9.59 Å². The molecule has 6 nitrogen and oxygen atoms in total. The Morgan fingerprint density at radius 3 is 2.88 bits per heavy atom. The molecule has 0 aliphatic carbocycles. The van der Waals surface area contributed by atoms with E-state index in [1.54, 1.807) is 36.3 Å². The van der Waals surface area contributed by atoms with Gasteiger partial charge in [-0.3, -0.25) is 9.59 Å². The van der Waals surface area contributed by atoms with Crippen LogP contribution in [0.1, 0.15) is 18.4 Å². The second-order valence-corrected chi connectivity index (χ2v) is 5.87. The first-order chi connectivity index (χ1) is 12.0. The highest BCUT2D eigenvalue weighted by Gasteiger charge is 2.25. The first-order valence-electron chi connectivity index (χ1n) is 8.23. The summed E-state index contributed by atoms with van der Waals surface area (Å²) in [6, 6.07) is 5.42. The van der Waals surface area contributed by atoms with Crippen molar-refractivity contribution in [1.82, 2.24) is 4.90 Å². The summed E-state index contributed by atoms with van der Waals surface area (Å²) in [5.41, 5.74) is 6.17. The van der Waals surface area contributed by atoms with Gasteiger partial charge in [-0.2, -0.15) is 0 Å². The summed E-state index contributed by atoms with van der Waals surface area (Å²) in [7, 11) is 1.56. The molecule has 1 atom stereocenters. The standard InChI is InChI=1S/C19H24N2O4/c1-3-11-25-16-8-6-14(12-17(16)24-2)7-9-18(22)21-10-4-5-15(13-21)19(20)23/h3,6-9,12,15H,1,4-5,10-11,13H2,2H3,(H2,20,23)/b9-7+. The number of carbonyl (C=O) groups excluding carboxylic acids is 2. The molecule has 0 saturated carbocycles. The molecule has 1 unspecified atom stereocenters. The molecule has 0 bridgehead atoms. The number of amides is 2. The van der Waals surface area contributed by atoms with Gasteiger partial charge < -0.3 is 20.1 Å². The largest absolute Gasteiger partial charge is 0.493 e. The van der Waals surface area contributed by atoms with Crippen LogP contribution < -0.4 is 15.2 Å². The summed E-state index contributed by atoms with van der Waals surface area (Å²) >= 11 is 0. The molecule has 0 radical (unpaired) electrons. The lowest BCUT2D eigenvalue weighted by atomic mass is 9.97. The van der Waals surface area contributed by atoms with Gasteiger partial charge in [-0.1, -0.05) is 18.7 Å². The number of rotatable bonds is 7. The molecule has 1 aromatic carbocycles. The molecule has 1 fully saturated rings. The van der Waals surface area contributed by atoms with Gasteiger partial charge in [0.15, 0.2) is 11.5 Å². The Kier molecular flexibility index (Phi) is 6.62. The lowest BCUT2D eigenvalue weighted by molar-refractivity contribution is -0.130. The van der Waals surface area contributed by atoms with Crippen LogP contribution in [0.2, 0.25) is 0 Å². The Morgan fingerprint density at radius 2 is 2.20 bits per heavy atom. The first-order valence-corrected chi connectivity index (χ1v) is 8.23. The quantitative estimate of drug-likeness (QED) is 0.606. The van der Waals surface area contributed by atoms with Crippen molar-refractivity contribution in [3.63, 3.8) is 0 Å². The number of ether oxygens (including phenoxy) is 2. The third-order valence-corrected chi connectivity index (χ3v) is 4.10. The monoisotopic (exact) mass is 344 g/mol. The van der Waals surface area contributed by atoms with E-state index >= 15 is 0 Å². The van der Waals surface area contributed by atoms with Crippen LogP contribution in [0.25, 0.3) is 6.08 Å². The molecule has 134 valence electrons. The topological polar surface area (TPSA) is 81.9 Å². The molecule has 1 aliphatic heterocycles. The number of carbonyl (C=O) groups is 2. The van der Waals surface area contributed by atoms with Crippen LogP contribution in [0.5, 0.6) is 11.5 Å². The second-order valence-electron chi connectivity index (χ2n) is 5.87. The number of likely N-dealkylation sites (tertiary alicyclic amines) is 1. The van der Waals surface area contributed by atoms with Crippen LogP contribution in [-0.4, -0.2) is 43.5 Å². The highest BCUT2D eigenvalue weighted by Crippen LogP contribution is 2.28. The van der Waals surface area contributed by atoms with Crippen molar-refractivity contribution < 1.29 is 19.1 Å². The van der Waals surface area contributed by atoms with Crippen molar-refractivity contribution in [2.75, 3.05) is 26.8 Å². The van der Waals surface area contributed by atoms with E-state index in [0.29, 0.717) is 31.2 Å². The molecular weight excluding hydrogens is 320 g/mol. The zero-order valence-electron chi connectivity index (χ0n) is 14.4. The van der Waals surface area contributed by atoms with Crippen LogP contribution in [0, 0.1) is 5.92 Å². The van der Waals surface area contributed by atoms with E-state index in [-0.39, 0.29) is 17.7 Å². The van der Waals surface area contributed by atoms with Crippen LogP contribution in [0.3, 0.4) is 0 Å². The van der Waals surface area contributed by atoms with E-state index in [0.717, 1.165) is 18.4 Å². The second kappa shape index (κ2) is 8.92. The predicted molar refractivity (Wildman–Crippen MR) is 96.2 cm³/mol. The van der Waals surface area contributed by atoms with Crippen LogP contribution in [0.4, 0.5) is 0 Å². The van der Waals surface area contributed by atoms with Gasteiger partial charge in [-0.25, -0.2) is 0 Å². The average Bonchev–Trinajstić information content (AvgIpc) is 2.64. The molecule has 6 heteroatoms. The first kappa shape index (κ1) is 18.6. The van der Waals surface area contributed by atoms with Gasteiger partial charge in [0.25, 0.3) is 0 Å². The maximum absolute atomic E-state index is 12.3. The molecule has 1 heterocycles. The van der Waals surface area contributed by atoms with Crippen molar-refractivity contribution in [2.45, 2.75) is 12.8 Å². The average molecular weight is 344 g/mol. The summed E-state index contributed by atoms with van der Waals surface area (Å²) < 4.78 is 10.8. The Balaban J connectivity index is 2.04. The molecule has 1 aliphatic rings. The Bertz CT molecular complexity index is 669. The minimum Gasteiger partial charge on any atom is -0.493 e. The summed E-state index contributed by atoms with van der Waals surface area (Å²) in [5.74, 6) is 0.472. The number of nitrogens with two attached hydrogens (primary N) is 1. The fourth-order valence-electron chi connectivity index (χ4n) is 2.74. The van der Waals surface area contributed by atoms with Crippen molar-refractivity contribution in [3.05, 3.63) is 42.5 Å². The Hall–Kier alpha value is -2.76. The molecule has 2 amide bonds. The number of methoxy groups -OCH3 is 1. The SMILES string of the molecule is C=CCOc1ccc(/C=C/C(=O)N2CCCC(C(N)=O)C2)cc1OC. The number of hydrogen-bond acceptors (Lipinski definition) is 4. The lowest BCUT2D eigenvalue weighted by Gasteiger charge is -2.30. The van der Waals surface area contributed by atoms with E-state index < -0.39 is 0 Å². The van der Waals surface area contributed by atoms with Gasteiger partial charge in [0.05, 0.1) is 13.0 Å². The minimum absolute atomic E-state index is 0.128. The molecule has 2 rings (SSSR count). The molecule has 2 N–H and O–H groups in total. The van der Waals surface area contributed by atoms with Crippen molar-refractivity contribution in [3.8, 4) is 11.5 Å². The Labute approximate surface area is 147 Å². The number of hydrogen-bond donors (Lipinski definition) is 1. The van der Waals surface area contributed by atoms with Gasteiger partial charge in [-0.15, -0.1) is 0 Å². The number of nitrogens with zero attached hydrogens (tertiary/aromatic N) is 1. The molecule has 25 heavy (non-hydrogen) atoms. The highest BCUT2D eigenvalue weighted by atomic mass is 16.5. The maximum Gasteiger partial charge on any atom is 0.246 e.